The molecule has 0 aliphatic heterocycles. The molecule has 0 radical (unpaired) electrons. The van der Waals surface area contributed by atoms with Crippen LogP contribution in [0.1, 0.15) is 77.9 Å². The van der Waals surface area contributed by atoms with Crippen LogP contribution in [0.25, 0.3) is 42.0 Å². The Morgan fingerprint density at radius 1 is 0.303 bits per heavy atom. The lowest BCUT2D eigenvalue weighted by atomic mass is 10.00. The van der Waals surface area contributed by atoms with Gasteiger partial charge in [0.25, 0.3) is 0 Å². The zero-order valence-corrected chi connectivity index (χ0v) is 53.6. The van der Waals surface area contributed by atoms with Gasteiger partial charge in [0.2, 0.25) is 0 Å². The molecule has 0 N–H and O–H groups in total. The van der Waals surface area contributed by atoms with Gasteiger partial charge in [0.15, 0.2) is 11.4 Å². The second-order valence-corrected chi connectivity index (χ2v) is 23.4. The minimum atomic E-state index is 0.631. The molecular formula is C64H54Br4Cl4N4. The van der Waals surface area contributed by atoms with Crippen LogP contribution in [0.5, 0.6) is 0 Å². The Morgan fingerprint density at radius 2 is 0.566 bits per heavy atom. The predicted molar refractivity (Wildman–Crippen MR) is 341 cm³/mol. The Hall–Kier alpha value is -5.20. The van der Waals surface area contributed by atoms with Crippen LogP contribution in [-0.2, 0) is 0 Å². The van der Waals surface area contributed by atoms with Gasteiger partial charge in [-0.05, 0) is 255 Å². The second-order valence-electron chi connectivity index (χ2n) is 18.4. The summed E-state index contributed by atoms with van der Waals surface area (Å²) in [6, 6.07) is 40.2. The fraction of sp³-hybridized carbons (Fsp3) is 0.188. The zero-order chi connectivity index (χ0) is 56.9. The lowest BCUT2D eigenvalue weighted by Gasteiger charge is -2.05. The maximum Gasteiger partial charge on any atom is 0.190 e. The van der Waals surface area contributed by atoms with Gasteiger partial charge in [-0.15, -0.1) is 0 Å². The molecule has 0 spiro atoms. The summed E-state index contributed by atoms with van der Waals surface area (Å²) >= 11 is 37.8. The summed E-state index contributed by atoms with van der Waals surface area (Å²) in [5.41, 5.74) is 15.6. The van der Waals surface area contributed by atoms with Crippen molar-refractivity contribution < 1.29 is 0 Å². The molecule has 4 nitrogen and oxygen atoms in total. The summed E-state index contributed by atoms with van der Waals surface area (Å²) in [7, 11) is 0. The normalized spacial score (nSPS) is 10.1. The fourth-order valence-electron chi connectivity index (χ4n) is 7.38. The summed E-state index contributed by atoms with van der Waals surface area (Å²) in [5.74, 6) is 0. The zero-order valence-electron chi connectivity index (χ0n) is 44.2. The predicted octanol–water partition coefficient (Wildman–Crippen LogP) is 23.8. The molecular weight excluding hydrogens is 1290 g/mol. The molecule has 0 saturated heterocycles. The average Bonchev–Trinajstić information content (AvgIpc) is 3.36. The SMILES string of the molecule is Cc1cc(Br)c(C)cc1Br.Cc1cc(Cl)c(C)cc1Cl.Cc1cc2cc(Br)c(C)cc2cc1Br.Cc1cc2cc(Cl)c(C)cc2cc1Cl.[C-]#[N+]c1cc(C)c(C#N)cc1C.[C-]#[N+]c1cc2cc(C)c(C#N)cc2cc1C. The van der Waals surface area contributed by atoms with E-state index in [1.165, 1.54) is 50.9 Å². The third-order valence-electron chi connectivity index (χ3n) is 12.2. The molecule has 0 aliphatic carbocycles. The summed E-state index contributed by atoms with van der Waals surface area (Å²) in [6.45, 7) is 37.7. The highest BCUT2D eigenvalue weighted by Gasteiger charge is 2.07. The van der Waals surface area contributed by atoms with E-state index in [0.29, 0.717) is 22.5 Å². The Labute approximate surface area is 502 Å². The topological polar surface area (TPSA) is 56.3 Å². The first-order valence-electron chi connectivity index (χ1n) is 23.5. The standard InChI is InChI=1S/C14H10N2.C12H10Br2.C12H10Cl2.C10H8N2.C8H8Br2.C8H8Cl2/c1-9-4-12-7-14(16-3)10(2)5-11(12)6-13(9)8-15;2*1-7-3-9-6-12(14)8(2)4-10(9)5-11(7)13;1-7-5-10(12-3)8(2)4-9(7)6-11;2*1-5-3-8(10)6(2)4-7(5)9/h4-7H,1-2H3;2*3-6H,1-2H3;4-5H,1-2H3;2*3-4H,1-2H3. The monoisotopic (exact) mass is 1330 g/mol. The molecule has 0 aliphatic rings. The van der Waals surface area contributed by atoms with Crippen molar-refractivity contribution in [1.29, 1.82) is 10.5 Å². The van der Waals surface area contributed by atoms with E-state index in [4.69, 9.17) is 70.1 Å². The van der Waals surface area contributed by atoms with Crippen molar-refractivity contribution >= 4 is 154 Å². The first-order chi connectivity index (χ1) is 35.7. The molecule has 12 heteroatoms. The molecule has 0 aromatic heterocycles. The van der Waals surface area contributed by atoms with Crippen molar-refractivity contribution in [2.75, 3.05) is 0 Å². The Balaban J connectivity index is 0.000000199. The van der Waals surface area contributed by atoms with Crippen LogP contribution in [0.4, 0.5) is 11.4 Å². The van der Waals surface area contributed by atoms with E-state index in [1.54, 1.807) is 12.1 Å². The van der Waals surface area contributed by atoms with E-state index in [1.807, 2.05) is 104 Å². The lowest BCUT2D eigenvalue weighted by Crippen LogP contribution is -1.84. The summed E-state index contributed by atoms with van der Waals surface area (Å²) < 4.78 is 4.69. The van der Waals surface area contributed by atoms with Crippen molar-refractivity contribution in [2.45, 2.75) is 83.1 Å². The number of halogens is 8. The van der Waals surface area contributed by atoms with Gasteiger partial charge in [-0.2, -0.15) is 10.5 Å². The number of aryl methyl sites for hydroxylation is 12. The summed E-state index contributed by atoms with van der Waals surface area (Å²) in [5, 5.41) is 27.7. The number of benzene rings is 9. The van der Waals surface area contributed by atoms with Gasteiger partial charge >= 0.3 is 0 Å². The van der Waals surface area contributed by atoms with Crippen LogP contribution in [0.2, 0.25) is 20.1 Å². The molecule has 9 aromatic rings. The average molecular weight is 1340 g/mol. The number of nitriles is 2. The summed E-state index contributed by atoms with van der Waals surface area (Å²) in [4.78, 5) is 6.82. The third kappa shape index (κ3) is 17.4. The number of nitrogens with zero attached hydrogens (tertiary/aromatic N) is 4. The van der Waals surface area contributed by atoms with Crippen LogP contribution in [-0.4, -0.2) is 0 Å². The van der Waals surface area contributed by atoms with Gasteiger partial charge in [0.05, 0.1) is 36.4 Å². The van der Waals surface area contributed by atoms with Crippen molar-refractivity contribution in [1.82, 2.24) is 0 Å². The van der Waals surface area contributed by atoms with E-state index in [0.717, 1.165) is 86.1 Å². The first-order valence-corrected chi connectivity index (χ1v) is 28.2. The highest BCUT2D eigenvalue weighted by atomic mass is 79.9. The highest BCUT2D eigenvalue weighted by molar-refractivity contribution is 9.11. The van der Waals surface area contributed by atoms with E-state index >= 15 is 0 Å². The molecule has 9 rings (SSSR count). The van der Waals surface area contributed by atoms with Crippen molar-refractivity contribution in [3.05, 3.63) is 248 Å². The maximum absolute atomic E-state index is 8.95. The van der Waals surface area contributed by atoms with Crippen LogP contribution in [0.15, 0.2) is 127 Å². The van der Waals surface area contributed by atoms with E-state index in [-0.39, 0.29) is 0 Å². The minimum Gasteiger partial charge on any atom is -0.238 e. The first kappa shape index (κ1) is 63.3. The van der Waals surface area contributed by atoms with Gasteiger partial charge in [0.1, 0.15) is 0 Å². The van der Waals surface area contributed by atoms with Crippen LogP contribution in [0.3, 0.4) is 0 Å². The Kier molecular flexibility index (Phi) is 24.1. The smallest absolute Gasteiger partial charge is 0.190 e. The largest absolute Gasteiger partial charge is 0.238 e. The number of rotatable bonds is 0. The van der Waals surface area contributed by atoms with Crippen molar-refractivity contribution in [3.8, 4) is 12.1 Å². The molecule has 0 saturated carbocycles. The highest BCUT2D eigenvalue weighted by Crippen LogP contribution is 2.32. The van der Waals surface area contributed by atoms with Gasteiger partial charge in [0, 0.05) is 38.0 Å². The molecule has 0 atom stereocenters. The quantitative estimate of drug-likeness (QED) is 0.142. The molecule has 0 heterocycles. The van der Waals surface area contributed by atoms with E-state index in [2.05, 4.69) is 162 Å². The molecule has 0 fully saturated rings. The van der Waals surface area contributed by atoms with Gasteiger partial charge in [-0.1, -0.05) is 147 Å². The molecule has 386 valence electrons. The lowest BCUT2D eigenvalue weighted by molar-refractivity contribution is 1.34. The Morgan fingerprint density at radius 3 is 0.987 bits per heavy atom. The van der Waals surface area contributed by atoms with Crippen LogP contribution < -0.4 is 0 Å². The van der Waals surface area contributed by atoms with E-state index < -0.39 is 0 Å². The van der Waals surface area contributed by atoms with Crippen molar-refractivity contribution in [3.63, 3.8) is 0 Å². The van der Waals surface area contributed by atoms with Gasteiger partial charge in [-0.3, -0.25) is 0 Å². The number of hydrogen-bond acceptors (Lipinski definition) is 2. The second kappa shape index (κ2) is 29.0. The minimum absolute atomic E-state index is 0.631. The fourth-order valence-corrected chi connectivity index (χ4v) is 9.80. The Bertz CT molecular complexity index is 3310. The molecule has 0 unspecified atom stereocenters. The number of fused-ring (bicyclic) bond motifs is 3. The molecule has 9 aromatic carbocycles. The van der Waals surface area contributed by atoms with E-state index in [9.17, 15) is 0 Å². The van der Waals surface area contributed by atoms with Crippen LogP contribution >= 0.6 is 110 Å². The van der Waals surface area contributed by atoms with Gasteiger partial charge in [-0.25, -0.2) is 9.69 Å². The molecule has 0 amide bonds. The molecule has 0 bridgehead atoms. The number of hydrogen-bond donors (Lipinski definition) is 0. The summed E-state index contributed by atoms with van der Waals surface area (Å²) in [6.07, 6.45) is 0. The third-order valence-corrected chi connectivity index (χ3v) is 17.2. The van der Waals surface area contributed by atoms with Crippen LogP contribution in [0, 0.1) is 119 Å². The van der Waals surface area contributed by atoms with Gasteiger partial charge < -0.3 is 0 Å². The molecule has 76 heavy (non-hydrogen) atoms. The van der Waals surface area contributed by atoms with Crippen molar-refractivity contribution in [2.24, 2.45) is 0 Å². The maximum atomic E-state index is 8.95.